The third-order valence-corrected chi connectivity index (χ3v) is 4.83. The van der Waals surface area contributed by atoms with Gasteiger partial charge in [-0.3, -0.25) is 14.4 Å². The van der Waals surface area contributed by atoms with Crippen LogP contribution in [0.5, 0.6) is 0 Å². The average molecular weight is 437 g/mol. The van der Waals surface area contributed by atoms with E-state index < -0.39 is 23.8 Å². The number of ketones is 1. The second-order valence-corrected chi connectivity index (χ2v) is 7.31. The molecule has 0 aliphatic heterocycles. The van der Waals surface area contributed by atoms with Crippen LogP contribution in [0.25, 0.3) is 0 Å². The summed E-state index contributed by atoms with van der Waals surface area (Å²) in [4.78, 5) is 49.4. The van der Waals surface area contributed by atoms with Crippen LogP contribution >= 0.6 is 0 Å². The van der Waals surface area contributed by atoms with Crippen molar-refractivity contribution in [1.82, 2.24) is 0 Å². The van der Waals surface area contributed by atoms with Crippen LogP contribution in [0, 0.1) is 11.8 Å². The van der Waals surface area contributed by atoms with Gasteiger partial charge in [0.05, 0.1) is 0 Å². The molecule has 32 heavy (non-hydrogen) atoms. The Hall–Kier alpha value is -3.54. The summed E-state index contributed by atoms with van der Waals surface area (Å²) in [5, 5.41) is 0. The van der Waals surface area contributed by atoms with Crippen molar-refractivity contribution in [3.8, 4) is 0 Å². The number of benzene rings is 2. The summed E-state index contributed by atoms with van der Waals surface area (Å²) >= 11 is 0. The first-order valence-corrected chi connectivity index (χ1v) is 10.6. The Balaban J connectivity index is 2.18. The van der Waals surface area contributed by atoms with Crippen molar-refractivity contribution in [3.05, 3.63) is 83.9 Å². The van der Waals surface area contributed by atoms with Crippen molar-refractivity contribution in [2.45, 2.75) is 39.4 Å². The van der Waals surface area contributed by atoms with E-state index in [0.29, 0.717) is 12.7 Å². The molecule has 0 aliphatic rings. The highest BCUT2D eigenvalue weighted by atomic mass is 16.6. The number of allylic oxidation sites excluding steroid dienone is 2. The van der Waals surface area contributed by atoms with Gasteiger partial charge in [0, 0.05) is 12.8 Å². The van der Waals surface area contributed by atoms with Gasteiger partial charge in [-0.05, 0) is 29.5 Å². The van der Waals surface area contributed by atoms with Crippen LogP contribution in [0.15, 0.2) is 72.8 Å². The summed E-state index contributed by atoms with van der Waals surface area (Å²) in [5.74, 6) is -4.13. The van der Waals surface area contributed by atoms with Crippen molar-refractivity contribution in [2.75, 3.05) is 0 Å². The molecule has 0 amide bonds. The highest BCUT2D eigenvalue weighted by molar-refractivity contribution is 5.97. The van der Waals surface area contributed by atoms with Gasteiger partial charge in [0.25, 0.3) is 0 Å². The highest BCUT2D eigenvalue weighted by Crippen LogP contribution is 2.24. The number of carbonyl (C=O) groups excluding carboxylic acids is 4. The van der Waals surface area contributed by atoms with Gasteiger partial charge in [0.15, 0.2) is 11.7 Å². The standard InChI is InChI=1S/C26H28O6/c1-2-3-14-23(28)17-22(15-16-27)24(25(29)31-18-20-10-6-4-7-11-20)26(30)32-19-21-12-8-5-9-13-21/h3-14,16,22,24H,2,15,17-19H2,1H3/b14-3-/t22-/m0/s1. The SMILES string of the molecule is CC/C=C\C(=O)C[C@H](CC=O)C(C(=O)OCc1ccccc1)C(=O)OCc1ccccc1. The number of esters is 2. The van der Waals surface area contributed by atoms with E-state index in [9.17, 15) is 19.2 Å². The first-order chi connectivity index (χ1) is 15.5. The minimum Gasteiger partial charge on any atom is -0.460 e. The summed E-state index contributed by atoms with van der Waals surface area (Å²) in [5.41, 5.74) is 1.51. The molecular weight excluding hydrogens is 408 g/mol. The molecule has 2 aromatic carbocycles. The summed E-state index contributed by atoms with van der Waals surface area (Å²) in [6.07, 6.45) is 4.09. The molecule has 0 unspecified atom stereocenters. The van der Waals surface area contributed by atoms with Crippen molar-refractivity contribution in [1.29, 1.82) is 0 Å². The highest BCUT2D eigenvalue weighted by Gasteiger charge is 2.38. The van der Waals surface area contributed by atoms with Crippen LogP contribution in [0.4, 0.5) is 0 Å². The van der Waals surface area contributed by atoms with Gasteiger partial charge in [0.2, 0.25) is 0 Å². The lowest BCUT2D eigenvalue weighted by Gasteiger charge is -2.22. The van der Waals surface area contributed by atoms with E-state index in [4.69, 9.17) is 9.47 Å². The molecule has 0 saturated carbocycles. The van der Waals surface area contributed by atoms with E-state index in [2.05, 4.69) is 0 Å². The molecule has 2 rings (SSSR count). The molecule has 168 valence electrons. The van der Waals surface area contributed by atoms with E-state index in [1.165, 1.54) is 6.08 Å². The van der Waals surface area contributed by atoms with Crippen LogP contribution in [0.2, 0.25) is 0 Å². The van der Waals surface area contributed by atoms with Gasteiger partial charge in [-0.15, -0.1) is 0 Å². The Labute approximate surface area is 188 Å². The Bertz CT molecular complexity index is 849. The molecule has 0 aromatic heterocycles. The van der Waals surface area contributed by atoms with Gasteiger partial charge >= 0.3 is 11.9 Å². The molecule has 6 nitrogen and oxygen atoms in total. The molecule has 6 heteroatoms. The quantitative estimate of drug-likeness (QED) is 0.202. The maximum Gasteiger partial charge on any atom is 0.320 e. The molecule has 0 aliphatic carbocycles. The second kappa shape index (κ2) is 13.7. The first kappa shape index (κ1) is 24.7. The molecule has 1 atom stereocenters. The fourth-order valence-corrected chi connectivity index (χ4v) is 3.15. The maximum atomic E-state index is 12.9. The number of ether oxygens (including phenoxy) is 2. The van der Waals surface area contributed by atoms with Gasteiger partial charge in [-0.1, -0.05) is 73.7 Å². The summed E-state index contributed by atoms with van der Waals surface area (Å²) < 4.78 is 10.7. The summed E-state index contributed by atoms with van der Waals surface area (Å²) in [6.45, 7) is 1.83. The monoisotopic (exact) mass is 436 g/mol. The Morgan fingerprint density at radius 3 is 1.78 bits per heavy atom. The summed E-state index contributed by atoms with van der Waals surface area (Å²) in [6, 6.07) is 18.1. The predicted octanol–water partition coefficient (Wildman–Crippen LogP) is 4.22. The van der Waals surface area contributed by atoms with Crippen LogP contribution in [-0.4, -0.2) is 24.0 Å². The zero-order valence-corrected chi connectivity index (χ0v) is 18.1. The molecule has 0 bridgehead atoms. The first-order valence-electron chi connectivity index (χ1n) is 10.6. The van der Waals surface area contributed by atoms with Crippen molar-refractivity contribution in [3.63, 3.8) is 0 Å². The van der Waals surface area contributed by atoms with E-state index in [0.717, 1.165) is 11.1 Å². The molecule has 0 saturated heterocycles. The van der Waals surface area contributed by atoms with Crippen LogP contribution in [-0.2, 0) is 41.9 Å². The van der Waals surface area contributed by atoms with Crippen molar-refractivity contribution in [2.24, 2.45) is 11.8 Å². The average Bonchev–Trinajstić information content (AvgIpc) is 2.81. The largest absolute Gasteiger partial charge is 0.460 e. The van der Waals surface area contributed by atoms with Crippen LogP contribution < -0.4 is 0 Å². The van der Waals surface area contributed by atoms with Crippen LogP contribution in [0.1, 0.15) is 37.3 Å². The van der Waals surface area contributed by atoms with Gasteiger partial charge in [-0.25, -0.2) is 0 Å². The van der Waals surface area contributed by atoms with Crippen molar-refractivity contribution >= 4 is 24.0 Å². The number of hydrogen-bond acceptors (Lipinski definition) is 6. The smallest absolute Gasteiger partial charge is 0.320 e. The summed E-state index contributed by atoms with van der Waals surface area (Å²) in [7, 11) is 0. The predicted molar refractivity (Wildman–Crippen MR) is 119 cm³/mol. The fourth-order valence-electron chi connectivity index (χ4n) is 3.15. The van der Waals surface area contributed by atoms with E-state index in [1.807, 2.05) is 43.3 Å². The molecular formula is C26H28O6. The molecule has 2 aromatic rings. The molecule has 0 fully saturated rings. The Morgan fingerprint density at radius 2 is 1.34 bits per heavy atom. The van der Waals surface area contributed by atoms with E-state index in [-0.39, 0.29) is 31.8 Å². The molecule has 0 radical (unpaired) electrons. The number of carbonyl (C=O) groups is 4. The molecule has 0 spiro atoms. The third-order valence-electron chi connectivity index (χ3n) is 4.83. The lowest BCUT2D eigenvalue weighted by Crippen LogP contribution is -2.35. The van der Waals surface area contributed by atoms with Crippen LogP contribution in [0.3, 0.4) is 0 Å². The number of aldehydes is 1. The second-order valence-electron chi connectivity index (χ2n) is 7.31. The third kappa shape index (κ3) is 8.30. The normalized spacial score (nSPS) is 11.8. The molecule has 0 heterocycles. The lowest BCUT2D eigenvalue weighted by atomic mass is 9.85. The number of rotatable bonds is 13. The lowest BCUT2D eigenvalue weighted by molar-refractivity contribution is -0.166. The Morgan fingerprint density at radius 1 is 0.844 bits per heavy atom. The zero-order chi connectivity index (χ0) is 23.2. The van der Waals surface area contributed by atoms with Crippen molar-refractivity contribution < 1.29 is 28.7 Å². The Kier molecular flexibility index (Phi) is 10.6. The maximum absolute atomic E-state index is 12.9. The van der Waals surface area contributed by atoms with E-state index in [1.54, 1.807) is 30.3 Å². The van der Waals surface area contributed by atoms with Gasteiger partial charge in [0.1, 0.15) is 19.5 Å². The minimum atomic E-state index is -1.38. The van der Waals surface area contributed by atoms with Gasteiger partial charge in [-0.2, -0.15) is 0 Å². The van der Waals surface area contributed by atoms with E-state index >= 15 is 0 Å². The zero-order valence-electron chi connectivity index (χ0n) is 18.1. The van der Waals surface area contributed by atoms with Gasteiger partial charge < -0.3 is 14.3 Å². The fraction of sp³-hybridized carbons (Fsp3) is 0.308. The topological polar surface area (TPSA) is 86.7 Å². The molecule has 0 N–H and O–H groups in total. The minimum absolute atomic E-state index is 0.0281. The number of hydrogen-bond donors (Lipinski definition) is 0.